The van der Waals surface area contributed by atoms with E-state index in [-0.39, 0.29) is 29.1 Å². The van der Waals surface area contributed by atoms with Crippen LogP contribution in [0.15, 0.2) is 0 Å². The molecule has 28 heavy (non-hydrogen) atoms. The molecule has 0 bridgehead atoms. The molecule has 0 spiro atoms. The summed E-state index contributed by atoms with van der Waals surface area (Å²) in [6, 6.07) is 0. The van der Waals surface area contributed by atoms with E-state index in [0.29, 0.717) is 35.5 Å². The molecule has 3 heteroatoms. The molecule has 3 N–H and O–H groups in total. The molecule has 4 fully saturated rings. The highest BCUT2D eigenvalue weighted by Gasteiger charge is 2.65. The van der Waals surface area contributed by atoms with E-state index in [4.69, 9.17) is 0 Å². The Kier molecular flexibility index (Phi) is 5.69. The van der Waals surface area contributed by atoms with E-state index in [1.54, 1.807) is 0 Å². The number of unbranched alkanes of at least 4 members (excludes halogenated alkanes) is 1. The van der Waals surface area contributed by atoms with Gasteiger partial charge >= 0.3 is 0 Å². The van der Waals surface area contributed by atoms with E-state index in [1.807, 2.05) is 0 Å². The Morgan fingerprint density at radius 3 is 2.43 bits per heavy atom. The molecule has 0 aromatic heterocycles. The molecule has 0 unspecified atom stereocenters. The van der Waals surface area contributed by atoms with E-state index < -0.39 is 0 Å². The highest BCUT2D eigenvalue weighted by Crippen LogP contribution is 2.68. The van der Waals surface area contributed by atoms with Gasteiger partial charge in [0.15, 0.2) is 0 Å². The normalized spacial score (nSPS) is 54.5. The minimum atomic E-state index is -0.255. The number of aliphatic hydroxyl groups is 3. The molecule has 4 rings (SSSR count). The Bertz CT molecular complexity index is 564. The largest absolute Gasteiger partial charge is 0.393 e. The molecular formula is C25H44O3. The van der Waals surface area contributed by atoms with Crippen LogP contribution in [0.3, 0.4) is 0 Å². The SMILES string of the molecule is CCCC[C@@H](C)[C@H]1CC[C@H]2[C@@H]3[C@H](O)C[C@H]4C[C@H](O)CC[C@]4(C)[C@H]3C[C@H](O)[C@]12C. The average Bonchev–Trinajstić information content (AvgIpc) is 3.01. The van der Waals surface area contributed by atoms with Crippen molar-refractivity contribution in [1.29, 1.82) is 0 Å². The van der Waals surface area contributed by atoms with Crippen LogP contribution in [0.2, 0.25) is 0 Å². The van der Waals surface area contributed by atoms with Gasteiger partial charge in [-0.2, -0.15) is 0 Å². The van der Waals surface area contributed by atoms with Crippen LogP contribution in [0.4, 0.5) is 0 Å². The van der Waals surface area contributed by atoms with Crippen molar-refractivity contribution in [3.63, 3.8) is 0 Å². The third-order valence-electron chi connectivity index (χ3n) is 10.5. The summed E-state index contributed by atoms with van der Waals surface area (Å²) >= 11 is 0. The van der Waals surface area contributed by atoms with Gasteiger partial charge < -0.3 is 15.3 Å². The van der Waals surface area contributed by atoms with Crippen molar-refractivity contribution >= 4 is 0 Å². The quantitative estimate of drug-likeness (QED) is 0.645. The van der Waals surface area contributed by atoms with Gasteiger partial charge in [-0.15, -0.1) is 0 Å². The monoisotopic (exact) mass is 392 g/mol. The fraction of sp³-hybridized carbons (Fsp3) is 1.00. The van der Waals surface area contributed by atoms with Gasteiger partial charge in [0, 0.05) is 0 Å². The lowest BCUT2D eigenvalue weighted by Gasteiger charge is -2.63. The van der Waals surface area contributed by atoms with Gasteiger partial charge in [-0.05, 0) is 91.3 Å². The molecule has 3 nitrogen and oxygen atoms in total. The van der Waals surface area contributed by atoms with E-state index in [1.165, 1.54) is 32.1 Å². The van der Waals surface area contributed by atoms with Crippen molar-refractivity contribution in [2.75, 3.05) is 0 Å². The van der Waals surface area contributed by atoms with Crippen molar-refractivity contribution in [2.24, 2.45) is 46.3 Å². The Balaban J connectivity index is 1.62. The van der Waals surface area contributed by atoms with Crippen LogP contribution >= 0.6 is 0 Å². The van der Waals surface area contributed by atoms with E-state index in [2.05, 4.69) is 27.7 Å². The maximum absolute atomic E-state index is 11.5. The van der Waals surface area contributed by atoms with E-state index in [0.717, 1.165) is 32.1 Å². The van der Waals surface area contributed by atoms with Gasteiger partial charge in [0.05, 0.1) is 18.3 Å². The zero-order chi connectivity index (χ0) is 20.3. The molecule has 4 saturated carbocycles. The standard InChI is InChI=1S/C25H44O3/c1-5-6-7-15(2)18-8-9-19-23-20(14-22(28)25(18,19)4)24(3)11-10-17(26)12-16(24)13-21(23)27/h15-23,26-28H,5-14H2,1-4H3/t15-,16-,17-,18-,19+,20+,21-,22+,23+,24+,25-/m1/s1. The molecule has 0 radical (unpaired) electrons. The van der Waals surface area contributed by atoms with Crippen LogP contribution in [0.25, 0.3) is 0 Å². The third-order valence-corrected chi connectivity index (χ3v) is 10.5. The maximum Gasteiger partial charge on any atom is 0.0602 e. The van der Waals surface area contributed by atoms with Gasteiger partial charge in [0.2, 0.25) is 0 Å². The Morgan fingerprint density at radius 1 is 0.964 bits per heavy atom. The number of hydrogen-bond acceptors (Lipinski definition) is 3. The highest BCUT2D eigenvalue weighted by molar-refractivity contribution is 5.14. The average molecular weight is 393 g/mol. The second-order valence-electron chi connectivity index (χ2n) is 11.6. The molecule has 0 amide bonds. The predicted molar refractivity (Wildman–Crippen MR) is 113 cm³/mol. The van der Waals surface area contributed by atoms with Crippen LogP contribution in [0, 0.1) is 46.3 Å². The second-order valence-corrected chi connectivity index (χ2v) is 11.6. The summed E-state index contributed by atoms with van der Waals surface area (Å²) in [5.41, 5.74) is 0.143. The van der Waals surface area contributed by atoms with E-state index in [9.17, 15) is 15.3 Å². The molecule has 0 saturated heterocycles. The van der Waals surface area contributed by atoms with Gasteiger partial charge in [0.25, 0.3) is 0 Å². The first kappa shape index (κ1) is 21.1. The molecule has 162 valence electrons. The van der Waals surface area contributed by atoms with Crippen molar-refractivity contribution in [1.82, 2.24) is 0 Å². The summed E-state index contributed by atoms with van der Waals surface area (Å²) in [6.07, 6.45) is 9.99. The molecule has 4 aliphatic rings. The van der Waals surface area contributed by atoms with Crippen molar-refractivity contribution in [2.45, 2.75) is 110 Å². The molecular weight excluding hydrogens is 348 g/mol. The number of fused-ring (bicyclic) bond motifs is 5. The summed E-state index contributed by atoms with van der Waals surface area (Å²) in [6.45, 7) is 9.45. The van der Waals surface area contributed by atoms with Crippen LogP contribution in [0.5, 0.6) is 0 Å². The van der Waals surface area contributed by atoms with Crippen LogP contribution in [-0.4, -0.2) is 33.6 Å². The summed E-state index contributed by atoms with van der Waals surface area (Å²) in [5.74, 6) is 2.86. The lowest BCUT2D eigenvalue weighted by Crippen LogP contribution is -2.62. The Labute approximate surface area is 172 Å². The molecule has 0 aromatic rings. The van der Waals surface area contributed by atoms with Gasteiger partial charge in [0.1, 0.15) is 0 Å². The molecule has 0 heterocycles. The maximum atomic E-state index is 11.5. The highest BCUT2D eigenvalue weighted by atomic mass is 16.3. The van der Waals surface area contributed by atoms with Crippen LogP contribution < -0.4 is 0 Å². The zero-order valence-electron chi connectivity index (χ0n) is 18.6. The summed E-state index contributed by atoms with van der Waals surface area (Å²) in [5, 5.41) is 33.1. The minimum absolute atomic E-state index is 0.0350. The number of aliphatic hydroxyl groups excluding tert-OH is 3. The Morgan fingerprint density at radius 2 is 1.71 bits per heavy atom. The van der Waals surface area contributed by atoms with Crippen LogP contribution in [0.1, 0.15) is 91.9 Å². The summed E-state index contributed by atoms with van der Waals surface area (Å²) < 4.78 is 0. The smallest absolute Gasteiger partial charge is 0.0602 e. The fourth-order valence-corrected chi connectivity index (χ4v) is 8.86. The molecule has 0 aliphatic heterocycles. The number of hydrogen-bond donors (Lipinski definition) is 3. The van der Waals surface area contributed by atoms with Gasteiger partial charge in [-0.25, -0.2) is 0 Å². The van der Waals surface area contributed by atoms with Crippen molar-refractivity contribution in [3.8, 4) is 0 Å². The summed E-state index contributed by atoms with van der Waals surface area (Å²) in [7, 11) is 0. The van der Waals surface area contributed by atoms with Gasteiger partial charge in [-0.3, -0.25) is 0 Å². The lowest BCUT2D eigenvalue weighted by molar-refractivity contribution is -0.207. The topological polar surface area (TPSA) is 60.7 Å². The predicted octanol–water partition coefficient (Wildman–Crippen LogP) is 4.77. The third kappa shape index (κ3) is 3.02. The molecule has 4 aliphatic carbocycles. The first-order valence-corrected chi connectivity index (χ1v) is 12.3. The number of rotatable bonds is 4. The van der Waals surface area contributed by atoms with Crippen molar-refractivity contribution in [3.05, 3.63) is 0 Å². The fourth-order valence-electron chi connectivity index (χ4n) is 8.86. The first-order chi connectivity index (χ1) is 13.2. The Hall–Kier alpha value is -0.120. The van der Waals surface area contributed by atoms with Crippen LogP contribution in [-0.2, 0) is 0 Å². The minimum Gasteiger partial charge on any atom is -0.393 e. The van der Waals surface area contributed by atoms with Gasteiger partial charge in [-0.1, -0.05) is 47.0 Å². The lowest BCUT2D eigenvalue weighted by atomic mass is 9.43. The summed E-state index contributed by atoms with van der Waals surface area (Å²) in [4.78, 5) is 0. The molecule has 11 atom stereocenters. The van der Waals surface area contributed by atoms with Crippen molar-refractivity contribution < 1.29 is 15.3 Å². The first-order valence-electron chi connectivity index (χ1n) is 12.3. The van der Waals surface area contributed by atoms with E-state index >= 15 is 0 Å². The zero-order valence-corrected chi connectivity index (χ0v) is 18.6. The molecule has 0 aromatic carbocycles. The second kappa shape index (κ2) is 7.54.